The van der Waals surface area contributed by atoms with Crippen molar-refractivity contribution in [2.75, 3.05) is 20.3 Å². The molecule has 2 aliphatic rings. The lowest BCUT2D eigenvalue weighted by Crippen LogP contribution is -2.29. The lowest BCUT2D eigenvalue weighted by Gasteiger charge is -2.21. The minimum atomic E-state index is 0.000168. The van der Waals surface area contributed by atoms with E-state index in [0.29, 0.717) is 49.3 Å². The van der Waals surface area contributed by atoms with Gasteiger partial charge in [-0.2, -0.15) is 0 Å². The Balaban J connectivity index is 1.29. The number of ether oxygens (including phenoxy) is 2. The summed E-state index contributed by atoms with van der Waals surface area (Å²) < 4.78 is 13.0. The number of carbonyl (C=O) groups is 1. The Bertz CT molecular complexity index is 1200. The smallest absolute Gasteiger partial charge is 0.261 e. The molecule has 1 aromatic heterocycles. The van der Waals surface area contributed by atoms with Crippen LogP contribution in [0.3, 0.4) is 0 Å². The number of carbonyl (C=O) groups excluding carboxylic acids is 1. The topological polar surface area (TPSA) is 73.7 Å². The third-order valence-corrected chi connectivity index (χ3v) is 5.81. The normalized spacial score (nSPS) is 15.1. The maximum atomic E-state index is 13.0. The van der Waals surface area contributed by atoms with Crippen molar-refractivity contribution >= 4 is 16.8 Å². The van der Waals surface area contributed by atoms with Gasteiger partial charge < -0.3 is 14.4 Å². The molecule has 7 heteroatoms. The van der Waals surface area contributed by atoms with Crippen molar-refractivity contribution < 1.29 is 14.3 Å². The number of benzene rings is 2. The summed E-state index contributed by atoms with van der Waals surface area (Å²) in [6.45, 7) is 1.57. The fourth-order valence-corrected chi connectivity index (χ4v) is 4.04. The third kappa shape index (κ3) is 4.00. The summed E-state index contributed by atoms with van der Waals surface area (Å²) >= 11 is 0. The average Bonchev–Trinajstić information content (AvgIpc) is 3.62. The van der Waals surface area contributed by atoms with Crippen molar-refractivity contribution in [3.8, 4) is 11.5 Å². The van der Waals surface area contributed by atoms with Crippen molar-refractivity contribution in [2.24, 2.45) is 0 Å². The zero-order valence-electron chi connectivity index (χ0n) is 17.5. The van der Waals surface area contributed by atoms with E-state index in [0.717, 1.165) is 29.9 Å². The second-order valence-electron chi connectivity index (χ2n) is 8.18. The Labute approximate surface area is 180 Å². The predicted molar refractivity (Wildman–Crippen MR) is 117 cm³/mol. The summed E-state index contributed by atoms with van der Waals surface area (Å²) in [6, 6.07) is 13.4. The lowest BCUT2D eigenvalue weighted by molar-refractivity contribution is -0.130. The Kier molecular flexibility index (Phi) is 5.10. The Morgan fingerprint density at radius 3 is 2.71 bits per heavy atom. The third-order valence-electron chi connectivity index (χ3n) is 5.81. The maximum Gasteiger partial charge on any atom is 0.261 e. The number of rotatable bonds is 6. The van der Waals surface area contributed by atoms with E-state index in [-0.39, 0.29) is 17.5 Å². The van der Waals surface area contributed by atoms with Gasteiger partial charge in [-0.1, -0.05) is 18.2 Å². The summed E-state index contributed by atoms with van der Waals surface area (Å²) in [6.07, 6.45) is 2.73. The maximum absolute atomic E-state index is 13.0. The fourth-order valence-electron chi connectivity index (χ4n) is 4.04. The van der Waals surface area contributed by atoms with Crippen LogP contribution in [0.1, 0.15) is 36.7 Å². The van der Waals surface area contributed by atoms with E-state index in [9.17, 15) is 9.59 Å². The molecule has 1 fully saturated rings. The molecule has 3 aromatic rings. The molecular formula is C24H25N3O4. The minimum Gasteiger partial charge on any atom is -0.486 e. The molecule has 0 radical (unpaired) electrons. The standard InChI is InChI=1S/C24H25N3O4/c1-26(15-16-6-9-20-21(14-16)31-13-12-30-20)23(28)11-10-22-25-19-5-3-2-4-18(19)24(29)27(22)17-7-8-17/h2-6,9,14,17H,7-8,10-13,15H2,1H3. The number of fused-ring (bicyclic) bond motifs is 2. The summed E-state index contributed by atoms with van der Waals surface area (Å²) in [5.74, 6) is 2.18. The minimum absolute atomic E-state index is 0.000168. The largest absolute Gasteiger partial charge is 0.486 e. The number of aryl methyl sites for hydroxylation is 1. The number of nitrogens with zero attached hydrogens (tertiary/aromatic N) is 3. The second kappa shape index (κ2) is 8.06. The second-order valence-corrected chi connectivity index (χ2v) is 8.18. The fraction of sp³-hybridized carbons (Fsp3) is 0.375. The van der Waals surface area contributed by atoms with E-state index in [2.05, 4.69) is 0 Å². The number of aromatic nitrogens is 2. The quantitative estimate of drug-likeness (QED) is 0.614. The van der Waals surface area contributed by atoms with Gasteiger partial charge in [-0.05, 0) is 42.7 Å². The SMILES string of the molecule is CN(Cc1ccc2c(c1)OCCO2)C(=O)CCc1nc2ccccc2c(=O)n1C1CC1. The molecule has 2 heterocycles. The number of hydrogen-bond acceptors (Lipinski definition) is 5. The van der Waals surface area contributed by atoms with Crippen molar-refractivity contribution in [3.63, 3.8) is 0 Å². The zero-order chi connectivity index (χ0) is 21.4. The Morgan fingerprint density at radius 2 is 1.90 bits per heavy atom. The highest BCUT2D eigenvalue weighted by Gasteiger charge is 2.28. The van der Waals surface area contributed by atoms with Gasteiger partial charge in [0.15, 0.2) is 11.5 Å². The van der Waals surface area contributed by atoms with Gasteiger partial charge in [0, 0.05) is 32.5 Å². The highest BCUT2D eigenvalue weighted by Crippen LogP contribution is 2.35. The highest BCUT2D eigenvalue weighted by atomic mass is 16.6. The molecule has 1 aliphatic heterocycles. The van der Waals surface area contributed by atoms with Crippen LogP contribution in [0.4, 0.5) is 0 Å². The summed E-state index contributed by atoms with van der Waals surface area (Å²) in [7, 11) is 1.79. The van der Waals surface area contributed by atoms with Gasteiger partial charge in [0.2, 0.25) is 5.91 Å². The summed E-state index contributed by atoms with van der Waals surface area (Å²) in [5.41, 5.74) is 1.68. The molecule has 0 N–H and O–H groups in total. The Morgan fingerprint density at radius 1 is 1.13 bits per heavy atom. The van der Waals surface area contributed by atoms with E-state index < -0.39 is 0 Å². The van der Waals surface area contributed by atoms with E-state index in [4.69, 9.17) is 14.5 Å². The van der Waals surface area contributed by atoms with Crippen molar-refractivity contribution in [1.29, 1.82) is 0 Å². The number of para-hydroxylation sites is 1. The van der Waals surface area contributed by atoms with E-state index in [1.807, 2.05) is 42.5 Å². The predicted octanol–water partition coefficient (Wildman–Crippen LogP) is 3.09. The van der Waals surface area contributed by atoms with Gasteiger partial charge in [-0.3, -0.25) is 14.2 Å². The molecule has 1 amide bonds. The molecule has 7 nitrogen and oxygen atoms in total. The molecule has 160 valence electrons. The monoisotopic (exact) mass is 419 g/mol. The van der Waals surface area contributed by atoms with Gasteiger partial charge >= 0.3 is 0 Å². The molecular weight excluding hydrogens is 394 g/mol. The lowest BCUT2D eigenvalue weighted by atomic mass is 10.1. The van der Waals surface area contributed by atoms with Crippen molar-refractivity contribution in [3.05, 3.63) is 64.2 Å². The van der Waals surface area contributed by atoms with Crippen LogP contribution in [-0.2, 0) is 17.8 Å². The van der Waals surface area contributed by atoms with Gasteiger partial charge in [0.25, 0.3) is 5.56 Å². The molecule has 0 unspecified atom stereocenters. The van der Waals surface area contributed by atoms with Crippen LogP contribution in [-0.4, -0.2) is 40.6 Å². The Hall–Kier alpha value is -3.35. The summed E-state index contributed by atoms with van der Waals surface area (Å²) in [5, 5.41) is 0.639. The summed E-state index contributed by atoms with van der Waals surface area (Å²) in [4.78, 5) is 32.2. The van der Waals surface area contributed by atoms with Crippen LogP contribution in [0.15, 0.2) is 47.3 Å². The van der Waals surface area contributed by atoms with E-state index in [1.165, 1.54) is 0 Å². The van der Waals surface area contributed by atoms with Crippen molar-refractivity contribution in [2.45, 2.75) is 38.3 Å². The van der Waals surface area contributed by atoms with Crippen LogP contribution in [0.25, 0.3) is 10.9 Å². The van der Waals surface area contributed by atoms with E-state index >= 15 is 0 Å². The zero-order valence-corrected chi connectivity index (χ0v) is 17.5. The first-order valence-corrected chi connectivity index (χ1v) is 10.7. The molecule has 1 saturated carbocycles. The van der Waals surface area contributed by atoms with Crippen LogP contribution >= 0.6 is 0 Å². The molecule has 0 saturated heterocycles. The first-order chi connectivity index (χ1) is 15.1. The van der Waals surface area contributed by atoms with Crippen LogP contribution in [0, 0.1) is 0 Å². The first-order valence-electron chi connectivity index (χ1n) is 10.7. The molecule has 1 aliphatic carbocycles. The first kappa shape index (κ1) is 19.6. The average molecular weight is 419 g/mol. The van der Waals surface area contributed by atoms with Crippen molar-refractivity contribution in [1.82, 2.24) is 14.5 Å². The van der Waals surface area contributed by atoms with Crippen LogP contribution in [0.2, 0.25) is 0 Å². The molecule has 0 atom stereocenters. The van der Waals surface area contributed by atoms with Crippen LogP contribution in [0.5, 0.6) is 11.5 Å². The number of hydrogen-bond donors (Lipinski definition) is 0. The van der Waals surface area contributed by atoms with Crippen LogP contribution < -0.4 is 15.0 Å². The molecule has 0 bridgehead atoms. The van der Waals surface area contributed by atoms with Gasteiger partial charge in [0.1, 0.15) is 19.0 Å². The van der Waals surface area contributed by atoms with Gasteiger partial charge in [0.05, 0.1) is 10.9 Å². The van der Waals surface area contributed by atoms with E-state index in [1.54, 1.807) is 16.5 Å². The van der Waals surface area contributed by atoms with Gasteiger partial charge in [-0.15, -0.1) is 0 Å². The molecule has 0 spiro atoms. The van der Waals surface area contributed by atoms with Gasteiger partial charge in [-0.25, -0.2) is 4.98 Å². The molecule has 31 heavy (non-hydrogen) atoms. The number of amides is 1. The molecule has 5 rings (SSSR count). The highest BCUT2D eigenvalue weighted by molar-refractivity contribution is 5.78. The molecule has 2 aromatic carbocycles.